The van der Waals surface area contributed by atoms with E-state index in [0.717, 1.165) is 30.5 Å². The number of halogens is 1. The minimum Gasteiger partial charge on any atom is -0.489 e. The standard InChI is InChI=1S/C52H64ClN7O8/c1-50(2,3)44(47(66)60-31-38(61)27-41(60)46(65)56-30-33-14-21-37(22-15-33)59-25-11-9-13-43(59)63)57-42(62)32-67-26-12-8-10-24-55-36-19-16-34(17-20-36)45(64)58-48-51(4,5)49(52(48,6)7)68-39-23-18-35(29-54)40(53)28-39/h9,11,13-23,25,28,38,41,44,48-49,55,61H,8,10,12,24,26-27,30-32H2,1-7H3,(H,56,65)(H,57,62)(H,58,64)/t38-,41+,44-,48-,49-/m1/s1. The quantitative estimate of drug-likeness (QED) is 0.0657. The van der Waals surface area contributed by atoms with Crippen LogP contribution >= 0.6 is 11.6 Å². The van der Waals surface area contributed by atoms with E-state index in [0.29, 0.717) is 40.7 Å². The summed E-state index contributed by atoms with van der Waals surface area (Å²) in [5.41, 5.74) is 1.66. The summed E-state index contributed by atoms with van der Waals surface area (Å²) in [6.45, 7) is 14.7. The van der Waals surface area contributed by atoms with Gasteiger partial charge in [0.05, 0.1) is 16.7 Å². The number of rotatable bonds is 19. The average Bonchev–Trinajstić information content (AvgIpc) is 3.70. The molecule has 5 N–H and O–H groups in total. The van der Waals surface area contributed by atoms with E-state index in [4.69, 9.17) is 21.1 Å². The number of nitrogens with one attached hydrogen (secondary N) is 4. The van der Waals surface area contributed by atoms with Crippen molar-refractivity contribution >= 4 is 40.9 Å². The van der Waals surface area contributed by atoms with Gasteiger partial charge in [0.25, 0.3) is 11.5 Å². The van der Waals surface area contributed by atoms with Crippen LogP contribution in [0.3, 0.4) is 0 Å². The second kappa shape index (κ2) is 21.8. The Balaban J connectivity index is 0.881. The Hall–Kier alpha value is -6.21. The summed E-state index contributed by atoms with van der Waals surface area (Å²) < 4.78 is 13.5. The molecule has 68 heavy (non-hydrogen) atoms. The predicted molar refractivity (Wildman–Crippen MR) is 260 cm³/mol. The molecule has 0 unspecified atom stereocenters. The number of likely N-dealkylation sites (tertiary alicyclic amines) is 1. The lowest BCUT2D eigenvalue weighted by Gasteiger charge is -2.63. The number of aliphatic hydroxyl groups excluding tert-OH is 1. The van der Waals surface area contributed by atoms with E-state index in [1.54, 1.807) is 60.8 Å². The number of hydrogen-bond acceptors (Lipinski definition) is 10. The second-order valence-electron chi connectivity index (χ2n) is 20.0. The van der Waals surface area contributed by atoms with Crippen LogP contribution in [0, 0.1) is 27.6 Å². The molecule has 15 nitrogen and oxygen atoms in total. The van der Waals surface area contributed by atoms with Gasteiger partial charge in [-0.3, -0.25) is 28.5 Å². The van der Waals surface area contributed by atoms with E-state index in [2.05, 4.69) is 55.0 Å². The lowest BCUT2D eigenvalue weighted by atomic mass is 9.49. The predicted octanol–water partition coefficient (Wildman–Crippen LogP) is 6.38. The first-order chi connectivity index (χ1) is 32.2. The van der Waals surface area contributed by atoms with Crippen molar-refractivity contribution in [2.45, 2.75) is 111 Å². The summed E-state index contributed by atoms with van der Waals surface area (Å²) in [7, 11) is 0. The number of β-amino-alcohol motifs (C(OH)–C–C–N with tert-alkyl or cyclic N) is 1. The Morgan fingerprint density at radius 3 is 2.29 bits per heavy atom. The highest BCUT2D eigenvalue weighted by Gasteiger charge is 2.64. The molecular weight excluding hydrogens is 886 g/mol. The van der Waals surface area contributed by atoms with Gasteiger partial charge in [-0.25, -0.2) is 0 Å². The number of pyridine rings is 1. The first-order valence-corrected chi connectivity index (χ1v) is 23.5. The summed E-state index contributed by atoms with van der Waals surface area (Å²) in [5.74, 6) is -0.922. The van der Waals surface area contributed by atoms with Crippen molar-refractivity contribution in [3.05, 3.63) is 123 Å². The molecule has 1 aliphatic carbocycles. The van der Waals surface area contributed by atoms with E-state index in [1.807, 2.05) is 45.0 Å². The zero-order valence-electron chi connectivity index (χ0n) is 39.9. The smallest absolute Gasteiger partial charge is 0.255 e. The summed E-state index contributed by atoms with van der Waals surface area (Å²) >= 11 is 6.24. The number of aliphatic hydroxyl groups is 1. The van der Waals surface area contributed by atoms with Crippen molar-refractivity contribution in [1.82, 2.24) is 25.4 Å². The first-order valence-electron chi connectivity index (χ1n) is 23.1. The number of carbonyl (C=O) groups is 4. The van der Waals surface area contributed by atoms with Crippen molar-refractivity contribution in [2.24, 2.45) is 16.2 Å². The van der Waals surface area contributed by atoms with Crippen molar-refractivity contribution in [3.8, 4) is 17.5 Å². The van der Waals surface area contributed by atoms with Gasteiger partial charge in [-0.2, -0.15) is 5.26 Å². The minimum absolute atomic E-state index is 0.0380. The number of unbranched alkanes of at least 4 members (excludes halogenated alkanes) is 2. The first kappa shape index (κ1) is 51.2. The number of aromatic nitrogens is 1. The normalized spacial score (nSPS) is 19.7. The third-order valence-corrected chi connectivity index (χ3v) is 13.2. The molecule has 1 aliphatic heterocycles. The van der Waals surface area contributed by atoms with E-state index >= 15 is 0 Å². The van der Waals surface area contributed by atoms with Gasteiger partial charge in [0, 0.05) is 84.8 Å². The molecule has 4 aromatic rings. The Morgan fingerprint density at radius 2 is 1.65 bits per heavy atom. The van der Waals surface area contributed by atoms with Gasteiger partial charge in [0.15, 0.2) is 0 Å². The highest BCUT2D eigenvalue weighted by Crippen LogP contribution is 2.55. The SMILES string of the molecule is CC(C)(C)[C@H](NC(=O)COCCCCCNc1ccc(C(=O)N[C@H]2C(C)(C)[C@H](Oc3ccc(C#N)c(Cl)c3)C2(C)C)cc1)C(=O)N1C[C@H](O)C[C@H]1C(=O)NCc1ccc(-n2ccccc2=O)cc1. The number of ether oxygens (including phenoxy) is 2. The Bertz CT molecular complexity index is 2510. The maximum Gasteiger partial charge on any atom is 0.255 e. The fourth-order valence-corrected chi connectivity index (χ4v) is 9.71. The van der Waals surface area contributed by atoms with Crippen LogP contribution < -0.4 is 31.6 Å². The summed E-state index contributed by atoms with van der Waals surface area (Å²) in [6, 6.07) is 24.5. The van der Waals surface area contributed by atoms with Gasteiger partial charge < -0.3 is 40.7 Å². The highest BCUT2D eigenvalue weighted by atomic mass is 35.5. The average molecular weight is 951 g/mol. The molecule has 4 amide bonds. The van der Waals surface area contributed by atoms with Crippen LogP contribution in [0.15, 0.2) is 95.9 Å². The number of amides is 4. The number of anilines is 1. The van der Waals surface area contributed by atoms with E-state index in [-0.39, 0.29) is 60.6 Å². The lowest BCUT2D eigenvalue weighted by Crippen LogP contribution is -2.74. The number of carbonyl (C=O) groups excluding carboxylic acids is 4. The summed E-state index contributed by atoms with van der Waals surface area (Å²) in [4.78, 5) is 67.4. The third kappa shape index (κ3) is 12.3. The molecule has 3 atom stereocenters. The fraction of sp³-hybridized carbons (Fsp3) is 0.462. The molecule has 0 radical (unpaired) electrons. The maximum absolute atomic E-state index is 14.0. The number of nitriles is 1. The molecule has 2 aliphatic rings. The second-order valence-corrected chi connectivity index (χ2v) is 20.4. The van der Waals surface area contributed by atoms with Crippen LogP contribution in [0.1, 0.15) is 95.6 Å². The van der Waals surface area contributed by atoms with Gasteiger partial charge >= 0.3 is 0 Å². The zero-order chi connectivity index (χ0) is 49.4. The molecular formula is C52H64ClN7O8. The van der Waals surface area contributed by atoms with Crippen LogP contribution in [-0.4, -0.2) is 94.8 Å². The van der Waals surface area contributed by atoms with Crippen LogP contribution in [0.5, 0.6) is 5.75 Å². The minimum atomic E-state index is -0.972. The number of benzene rings is 3. The molecule has 2 fully saturated rings. The highest BCUT2D eigenvalue weighted by molar-refractivity contribution is 6.31. The van der Waals surface area contributed by atoms with E-state index < -0.39 is 41.3 Å². The monoisotopic (exact) mass is 949 g/mol. The van der Waals surface area contributed by atoms with Gasteiger partial charge in [0.1, 0.15) is 36.6 Å². The Labute approximate surface area is 403 Å². The lowest BCUT2D eigenvalue weighted by molar-refractivity contribution is -0.164. The van der Waals surface area contributed by atoms with Crippen LogP contribution in [0.2, 0.25) is 5.02 Å². The van der Waals surface area contributed by atoms with Gasteiger partial charge in [-0.1, -0.05) is 78.3 Å². The Morgan fingerprint density at radius 1 is 0.941 bits per heavy atom. The van der Waals surface area contributed by atoms with Crippen molar-refractivity contribution in [2.75, 3.05) is 31.6 Å². The van der Waals surface area contributed by atoms with Crippen molar-refractivity contribution < 1.29 is 33.8 Å². The molecule has 1 aromatic heterocycles. The third-order valence-electron chi connectivity index (χ3n) is 12.9. The van der Waals surface area contributed by atoms with Gasteiger partial charge in [-0.05, 0) is 84.8 Å². The largest absolute Gasteiger partial charge is 0.489 e. The summed E-state index contributed by atoms with van der Waals surface area (Å²) in [5, 5.41) is 32.4. The molecule has 2 heterocycles. The topological polar surface area (TPSA) is 204 Å². The number of hydrogen-bond donors (Lipinski definition) is 5. The van der Waals surface area contributed by atoms with E-state index in [9.17, 15) is 34.3 Å². The fourth-order valence-electron chi connectivity index (χ4n) is 9.50. The van der Waals surface area contributed by atoms with Crippen LogP contribution in [0.4, 0.5) is 5.69 Å². The molecule has 0 spiro atoms. The van der Waals surface area contributed by atoms with Crippen LogP contribution in [0.25, 0.3) is 5.69 Å². The molecule has 362 valence electrons. The molecule has 0 bridgehead atoms. The molecule has 1 saturated heterocycles. The van der Waals surface area contributed by atoms with Gasteiger partial charge in [0.2, 0.25) is 17.7 Å². The molecule has 6 rings (SSSR count). The molecule has 16 heteroatoms. The van der Waals surface area contributed by atoms with Gasteiger partial charge in [-0.15, -0.1) is 0 Å². The molecule has 3 aromatic carbocycles. The van der Waals surface area contributed by atoms with Crippen molar-refractivity contribution in [3.63, 3.8) is 0 Å². The maximum atomic E-state index is 14.0. The zero-order valence-corrected chi connectivity index (χ0v) is 40.7. The number of nitrogens with zero attached hydrogens (tertiary/aromatic N) is 3. The van der Waals surface area contributed by atoms with Crippen molar-refractivity contribution in [1.29, 1.82) is 5.26 Å². The van der Waals surface area contributed by atoms with Crippen LogP contribution in [-0.2, 0) is 25.7 Å². The summed E-state index contributed by atoms with van der Waals surface area (Å²) in [6.07, 6.45) is 3.05. The van der Waals surface area contributed by atoms with E-state index in [1.165, 1.54) is 15.5 Å². The molecule has 1 saturated carbocycles. The Kier molecular flexibility index (Phi) is 16.4.